The van der Waals surface area contributed by atoms with Crippen LogP contribution in [0.3, 0.4) is 0 Å². The molecule has 0 aliphatic heterocycles. The lowest BCUT2D eigenvalue weighted by Gasteiger charge is -2.07. The van der Waals surface area contributed by atoms with Crippen LogP contribution in [-0.4, -0.2) is 45.9 Å². The molecule has 2 rings (SSSR count). The first kappa shape index (κ1) is 16.9. The van der Waals surface area contributed by atoms with E-state index in [2.05, 4.69) is 15.3 Å². The van der Waals surface area contributed by atoms with E-state index in [0.29, 0.717) is 11.4 Å². The zero-order valence-electron chi connectivity index (χ0n) is 13.1. The smallest absolute Gasteiger partial charge is 0.409 e. The van der Waals surface area contributed by atoms with Gasteiger partial charge in [-0.05, 0) is 12.1 Å². The summed E-state index contributed by atoms with van der Waals surface area (Å²) in [4.78, 5) is 32.2. The fraction of sp³-hybridized carbons (Fsp3) is 0.125. The van der Waals surface area contributed by atoms with Crippen LogP contribution in [0.4, 0.5) is 10.5 Å². The molecule has 0 radical (unpaired) electrons. The van der Waals surface area contributed by atoms with Gasteiger partial charge in [0.2, 0.25) is 11.7 Å². The van der Waals surface area contributed by atoms with E-state index in [9.17, 15) is 9.59 Å². The van der Waals surface area contributed by atoms with Crippen molar-refractivity contribution in [1.82, 2.24) is 14.9 Å². The summed E-state index contributed by atoms with van der Waals surface area (Å²) >= 11 is 0. The molecule has 0 fully saturated rings. The predicted molar refractivity (Wildman–Crippen MR) is 87.4 cm³/mol. The van der Waals surface area contributed by atoms with E-state index >= 15 is 0 Å². The van der Waals surface area contributed by atoms with E-state index < -0.39 is 6.09 Å². The first-order chi connectivity index (χ1) is 11.4. The SMILES string of the molecule is CN(C)/C=C/C(=O)c1cc(Oc2cccc(NC(=O)O)c2)ncn1. The number of aromatic nitrogens is 2. The number of ether oxygens (including phenoxy) is 1. The number of amides is 1. The molecule has 0 aliphatic carbocycles. The number of hydrogen-bond donors (Lipinski definition) is 2. The van der Waals surface area contributed by atoms with Crippen LogP contribution >= 0.6 is 0 Å². The average Bonchev–Trinajstić information content (AvgIpc) is 2.52. The zero-order valence-corrected chi connectivity index (χ0v) is 13.1. The van der Waals surface area contributed by atoms with E-state index in [-0.39, 0.29) is 17.4 Å². The Hall–Kier alpha value is -3.42. The fourth-order valence-corrected chi connectivity index (χ4v) is 1.71. The molecule has 0 atom stereocenters. The molecule has 0 saturated heterocycles. The summed E-state index contributed by atoms with van der Waals surface area (Å²) in [5.74, 6) is 0.276. The molecule has 0 spiro atoms. The van der Waals surface area contributed by atoms with Gasteiger partial charge in [-0.15, -0.1) is 0 Å². The maximum atomic E-state index is 12.0. The Bertz CT molecular complexity index is 774. The second-order valence-electron chi connectivity index (χ2n) is 4.95. The Morgan fingerprint density at radius 1 is 1.25 bits per heavy atom. The third-order valence-corrected chi connectivity index (χ3v) is 2.73. The number of anilines is 1. The molecule has 8 heteroatoms. The van der Waals surface area contributed by atoms with Gasteiger partial charge in [0.1, 0.15) is 17.8 Å². The van der Waals surface area contributed by atoms with Gasteiger partial charge in [-0.2, -0.15) is 0 Å². The minimum absolute atomic E-state index is 0.180. The molecule has 1 amide bonds. The summed E-state index contributed by atoms with van der Waals surface area (Å²) in [7, 11) is 3.60. The molecule has 8 nitrogen and oxygen atoms in total. The number of hydrogen-bond acceptors (Lipinski definition) is 6. The molecule has 0 bridgehead atoms. The maximum Gasteiger partial charge on any atom is 0.409 e. The first-order valence-corrected chi connectivity index (χ1v) is 6.93. The van der Waals surface area contributed by atoms with E-state index in [1.165, 1.54) is 24.5 Å². The van der Waals surface area contributed by atoms with E-state index in [0.717, 1.165) is 0 Å². The Kier molecular flexibility index (Phi) is 5.45. The fourth-order valence-electron chi connectivity index (χ4n) is 1.71. The van der Waals surface area contributed by atoms with Crippen LogP contribution < -0.4 is 10.1 Å². The topological polar surface area (TPSA) is 105 Å². The second kappa shape index (κ2) is 7.73. The zero-order chi connectivity index (χ0) is 17.5. The number of benzene rings is 1. The van der Waals surface area contributed by atoms with E-state index in [1.807, 2.05) is 0 Å². The highest BCUT2D eigenvalue weighted by Gasteiger charge is 2.08. The molecule has 0 saturated carbocycles. The molecule has 1 aromatic heterocycles. The molecule has 2 N–H and O–H groups in total. The molecule has 1 heterocycles. The van der Waals surface area contributed by atoms with Crippen LogP contribution in [0.2, 0.25) is 0 Å². The van der Waals surface area contributed by atoms with Gasteiger partial charge in [0.15, 0.2) is 0 Å². The summed E-state index contributed by atoms with van der Waals surface area (Å²) in [5.41, 5.74) is 0.553. The molecule has 0 unspecified atom stereocenters. The molecule has 124 valence electrons. The molecule has 2 aromatic rings. The number of carbonyl (C=O) groups is 2. The lowest BCUT2D eigenvalue weighted by Crippen LogP contribution is -2.07. The van der Waals surface area contributed by atoms with Gasteiger partial charge >= 0.3 is 6.09 Å². The largest absolute Gasteiger partial charge is 0.465 e. The van der Waals surface area contributed by atoms with Gasteiger partial charge in [0, 0.05) is 44.2 Å². The maximum absolute atomic E-state index is 12.0. The summed E-state index contributed by atoms with van der Waals surface area (Å²) < 4.78 is 5.55. The normalized spacial score (nSPS) is 10.4. The molecule has 1 aromatic carbocycles. The Morgan fingerprint density at radius 2 is 2.04 bits per heavy atom. The summed E-state index contributed by atoms with van der Waals surface area (Å²) in [6.45, 7) is 0. The van der Waals surface area contributed by atoms with Crippen LogP contribution in [-0.2, 0) is 0 Å². The van der Waals surface area contributed by atoms with Gasteiger partial charge in [-0.25, -0.2) is 14.8 Å². The van der Waals surface area contributed by atoms with E-state index in [1.54, 1.807) is 43.4 Å². The molecular formula is C16H16N4O4. The standard InChI is InChI=1S/C16H16N4O4/c1-20(2)7-6-14(21)13-9-15(18-10-17-13)24-12-5-3-4-11(8-12)19-16(22)23/h3-10,19H,1-2H3,(H,22,23)/b7-6+. The van der Waals surface area contributed by atoms with Crippen LogP contribution in [0.1, 0.15) is 10.5 Å². The number of carbonyl (C=O) groups excluding carboxylic acids is 1. The van der Waals surface area contributed by atoms with Crippen LogP contribution in [0.15, 0.2) is 48.9 Å². The van der Waals surface area contributed by atoms with Gasteiger partial charge < -0.3 is 14.7 Å². The highest BCUT2D eigenvalue weighted by molar-refractivity contribution is 6.03. The number of rotatable bonds is 6. The number of carboxylic acid groups (broad SMARTS) is 1. The summed E-state index contributed by atoms with van der Waals surface area (Å²) in [6, 6.07) is 7.78. The third-order valence-electron chi connectivity index (χ3n) is 2.73. The van der Waals surface area contributed by atoms with Crippen LogP contribution in [0.5, 0.6) is 11.6 Å². The Balaban J connectivity index is 2.15. The average molecular weight is 328 g/mol. The van der Waals surface area contributed by atoms with Crippen molar-refractivity contribution in [2.45, 2.75) is 0 Å². The van der Waals surface area contributed by atoms with Gasteiger partial charge in [-0.1, -0.05) is 6.07 Å². The van der Waals surface area contributed by atoms with Crippen molar-refractivity contribution in [3.8, 4) is 11.6 Å². The number of ketones is 1. The monoisotopic (exact) mass is 328 g/mol. The lowest BCUT2D eigenvalue weighted by molar-refractivity contribution is 0.104. The number of allylic oxidation sites excluding steroid dienone is 1. The van der Waals surface area contributed by atoms with Gasteiger partial charge in [0.05, 0.1) is 0 Å². The first-order valence-electron chi connectivity index (χ1n) is 6.93. The second-order valence-corrected chi connectivity index (χ2v) is 4.95. The van der Waals surface area contributed by atoms with Crippen molar-refractivity contribution >= 4 is 17.6 Å². The minimum Gasteiger partial charge on any atom is -0.465 e. The highest BCUT2D eigenvalue weighted by atomic mass is 16.5. The molecule has 0 aliphatic rings. The lowest BCUT2D eigenvalue weighted by atomic mass is 10.2. The molecular weight excluding hydrogens is 312 g/mol. The summed E-state index contributed by atoms with van der Waals surface area (Å²) in [6.07, 6.45) is 3.07. The van der Waals surface area contributed by atoms with Crippen LogP contribution in [0, 0.1) is 0 Å². The summed E-state index contributed by atoms with van der Waals surface area (Å²) in [5, 5.41) is 10.9. The van der Waals surface area contributed by atoms with Crippen molar-refractivity contribution in [1.29, 1.82) is 0 Å². The van der Waals surface area contributed by atoms with Crippen LogP contribution in [0.25, 0.3) is 0 Å². The van der Waals surface area contributed by atoms with E-state index in [4.69, 9.17) is 9.84 Å². The third kappa shape index (κ3) is 5.09. The highest BCUT2D eigenvalue weighted by Crippen LogP contribution is 2.23. The molecule has 24 heavy (non-hydrogen) atoms. The number of nitrogens with zero attached hydrogens (tertiary/aromatic N) is 3. The Morgan fingerprint density at radius 3 is 2.75 bits per heavy atom. The van der Waals surface area contributed by atoms with Crippen molar-refractivity contribution < 1.29 is 19.4 Å². The van der Waals surface area contributed by atoms with Crippen molar-refractivity contribution in [3.05, 3.63) is 54.6 Å². The number of nitrogens with one attached hydrogen (secondary N) is 1. The Labute approximate surface area is 138 Å². The van der Waals surface area contributed by atoms with Crippen molar-refractivity contribution in [2.24, 2.45) is 0 Å². The van der Waals surface area contributed by atoms with Gasteiger partial charge in [-0.3, -0.25) is 10.1 Å². The van der Waals surface area contributed by atoms with Gasteiger partial charge in [0.25, 0.3) is 0 Å². The predicted octanol–water partition coefficient (Wildman–Crippen LogP) is 2.62. The van der Waals surface area contributed by atoms with Crippen molar-refractivity contribution in [3.63, 3.8) is 0 Å². The van der Waals surface area contributed by atoms with Crippen molar-refractivity contribution in [2.75, 3.05) is 19.4 Å². The minimum atomic E-state index is -1.17. The quantitative estimate of drug-likeness (QED) is 0.620.